The minimum atomic E-state index is -2.46. The van der Waals surface area contributed by atoms with Crippen molar-refractivity contribution >= 4 is 29.2 Å². The van der Waals surface area contributed by atoms with Crippen molar-refractivity contribution in [2.75, 3.05) is 26.9 Å². The summed E-state index contributed by atoms with van der Waals surface area (Å²) in [6.45, 7) is 12.2. The van der Waals surface area contributed by atoms with Crippen LogP contribution in [0.25, 0.3) is 0 Å². The molecule has 3 heterocycles. The molecular formula is C51H79NO13. The van der Waals surface area contributed by atoms with Crippen LogP contribution in [0.1, 0.15) is 126 Å². The minimum Gasteiger partial charge on any atom is -0.460 e. The fraction of sp³-hybridized carbons (Fsp3) is 0.745. The maximum Gasteiger partial charge on any atom is 0.329 e. The van der Waals surface area contributed by atoms with Crippen LogP contribution in [0.5, 0.6) is 0 Å². The third-order valence-electron chi connectivity index (χ3n) is 14.7. The number of esters is 1. The molecule has 366 valence electrons. The van der Waals surface area contributed by atoms with Crippen LogP contribution in [0.3, 0.4) is 0 Å². The van der Waals surface area contributed by atoms with E-state index in [4.69, 9.17) is 14.2 Å². The molecule has 0 aromatic rings. The van der Waals surface area contributed by atoms with E-state index in [9.17, 15) is 49.5 Å². The van der Waals surface area contributed by atoms with E-state index in [1.54, 1.807) is 33.8 Å². The van der Waals surface area contributed by atoms with Gasteiger partial charge >= 0.3 is 5.97 Å². The van der Waals surface area contributed by atoms with E-state index in [0.29, 0.717) is 63.4 Å². The number of nitrogens with zero attached hydrogens (tertiary/aromatic N) is 1. The molecule has 3 aliphatic heterocycles. The summed E-state index contributed by atoms with van der Waals surface area (Å²) in [7, 11) is 1.37. The molecule has 3 fully saturated rings. The number of cyclic esters (lactones) is 1. The van der Waals surface area contributed by atoms with E-state index in [2.05, 4.69) is 0 Å². The van der Waals surface area contributed by atoms with Gasteiger partial charge in [0, 0.05) is 62.9 Å². The number of piperidine rings is 1. The summed E-state index contributed by atoms with van der Waals surface area (Å²) < 4.78 is 17.9. The third kappa shape index (κ3) is 14.3. The first kappa shape index (κ1) is 54.2. The van der Waals surface area contributed by atoms with Gasteiger partial charge in [-0.05, 0) is 108 Å². The lowest BCUT2D eigenvalue weighted by Crippen LogP contribution is -2.60. The SMILES string of the molecule is CO[C@H]1C(=O)[C@H](C)C[C@H](C)/C=C/C=C/C=C(\C)[C@@H](CO)C[C@@H]2CC[C@@H](C)[C@@](O)(O2)C(=O)C(=O)N2CCCCC2C(=O)O[C@H]([C@H](C)C[C@@H]2CC[C@@H](O)[C@H](CO)C2)CC(=O)[C@H](C)/C=C(\C)[C@H]1O. The number of amides is 1. The van der Waals surface area contributed by atoms with Gasteiger partial charge in [0.25, 0.3) is 11.7 Å². The molecule has 1 amide bonds. The maximum atomic E-state index is 14.3. The molecule has 14 nitrogen and oxygen atoms in total. The van der Waals surface area contributed by atoms with E-state index >= 15 is 0 Å². The smallest absolute Gasteiger partial charge is 0.329 e. The summed E-state index contributed by atoms with van der Waals surface area (Å²) >= 11 is 0. The van der Waals surface area contributed by atoms with Crippen molar-refractivity contribution in [1.29, 1.82) is 0 Å². The Hall–Kier alpha value is -3.37. The lowest BCUT2D eigenvalue weighted by molar-refractivity contribution is -0.265. The average Bonchev–Trinajstić information content (AvgIpc) is 3.28. The fourth-order valence-corrected chi connectivity index (χ4v) is 10.3. The Morgan fingerprint density at radius 2 is 1.60 bits per heavy atom. The Bertz CT molecular complexity index is 1760. The van der Waals surface area contributed by atoms with E-state index in [1.165, 1.54) is 7.11 Å². The van der Waals surface area contributed by atoms with Gasteiger partial charge in [0.2, 0.25) is 5.79 Å². The summed E-state index contributed by atoms with van der Waals surface area (Å²) in [6, 6.07) is -1.17. The van der Waals surface area contributed by atoms with Crippen molar-refractivity contribution in [2.45, 2.75) is 168 Å². The highest BCUT2D eigenvalue weighted by atomic mass is 16.6. The van der Waals surface area contributed by atoms with E-state index < -0.39 is 77.8 Å². The molecule has 1 aliphatic carbocycles. The van der Waals surface area contributed by atoms with Crippen molar-refractivity contribution in [3.63, 3.8) is 0 Å². The van der Waals surface area contributed by atoms with Crippen LogP contribution in [0.2, 0.25) is 0 Å². The molecule has 15 atom stereocenters. The van der Waals surface area contributed by atoms with Crippen molar-refractivity contribution in [3.05, 3.63) is 47.6 Å². The van der Waals surface area contributed by atoms with Crippen LogP contribution in [0.4, 0.5) is 0 Å². The molecule has 0 aromatic heterocycles. The number of ether oxygens (including phenoxy) is 3. The molecule has 4 rings (SSSR count). The van der Waals surface area contributed by atoms with E-state index in [1.807, 2.05) is 51.2 Å². The highest BCUT2D eigenvalue weighted by Gasteiger charge is 2.53. The van der Waals surface area contributed by atoms with Crippen molar-refractivity contribution < 1.29 is 63.7 Å². The molecule has 1 unspecified atom stereocenters. The first-order valence-electron chi connectivity index (χ1n) is 24.1. The second kappa shape index (κ2) is 25.1. The van der Waals surface area contributed by atoms with Crippen LogP contribution in [0.15, 0.2) is 47.6 Å². The van der Waals surface area contributed by atoms with Gasteiger partial charge < -0.3 is 44.6 Å². The third-order valence-corrected chi connectivity index (χ3v) is 14.7. The highest BCUT2D eigenvalue weighted by molar-refractivity contribution is 6.39. The lowest BCUT2D eigenvalue weighted by Gasteiger charge is -2.43. The number of allylic oxidation sites excluding steroid dienone is 6. The number of hydrogen-bond acceptors (Lipinski definition) is 13. The van der Waals surface area contributed by atoms with Gasteiger partial charge in [-0.15, -0.1) is 0 Å². The first-order valence-corrected chi connectivity index (χ1v) is 24.1. The molecule has 2 saturated heterocycles. The number of ketones is 3. The predicted octanol–water partition coefficient (Wildman–Crippen LogP) is 5.37. The van der Waals surface area contributed by atoms with E-state index in [0.717, 1.165) is 10.5 Å². The number of methoxy groups -OCH3 is 1. The standard InChI is InChI=1S/C51H79NO13/c1-30-14-10-9-11-15-31(2)38(28-53)26-40-19-17-36(7)51(62,65-40)48(59)49(60)52-21-13-12-16-41(52)50(61)64-44(33(4)24-37-18-20-42(55)39(25-37)29-54)27-43(56)32(3)23-35(6)46(58)47(63-8)45(57)34(5)22-30/h9-11,14-15,23,30,32-34,36-42,44,46-47,53-55,58,62H,12-13,16-22,24-29H2,1-8H3/b11-9+,14-10+,31-15+,35-23+/t30-,32-,33-,34-,36-,37+,38-,39+,40+,41?,42-,44+,46-,47+,51-/m1/s1. The molecule has 65 heavy (non-hydrogen) atoms. The van der Waals surface area contributed by atoms with Gasteiger partial charge in [-0.2, -0.15) is 0 Å². The number of rotatable bonds is 6. The zero-order chi connectivity index (χ0) is 48.2. The molecule has 14 heteroatoms. The Morgan fingerprint density at radius 1 is 0.877 bits per heavy atom. The van der Waals surface area contributed by atoms with Crippen molar-refractivity contribution in [3.8, 4) is 0 Å². The zero-order valence-corrected chi connectivity index (χ0v) is 40.1. The molecule has 0 aromatic carbocycles. The summed E-state index contributed by atoms with van der Waals surface area (Å²) in [4.78, 5) is 71.6. The Labute approximate surface area is 386 Å². The van der Waals surface area contributed by atoms with Gasteiger partial charge in [0.1, 0.15) is 30.1 Å². The molecule has 0 radical (unpaired) electrons. The highest BCUT2D eigenvalue weighted by Crippen LogP contribution is 2.38. The van der Waals surface area contributed by atoms with Crippen LogP contribution in [0, 0.1) is 47.3 Å². The Balaban J connectivity index is 1.70. The zero-order valence-electron chi connectivity index (χ0n) is 40.1. The summed E-state index contributed by atoms with van der Waals surface area (Å²) in [5, 5.41) is 54.1. The molecule has 2 bridgehead atoms. The van der Waals surface area contributed by atoms with Gasteiger partial charge in [0.15, 0.2) is 5.78 Å². The molecule has 1 saturated carbocycles. The first-order chi connectivity index (χ1) is 30.7. The fourth-order valence-electron chi connectivity index (χ4n) is 10.3. The van der Waals surface area contributed by atoms with Crippen molar-refractivity contribution in [2.24, 2.45) is 47.3 Å². The number of carbonyl (C=O) groups is 5. The predicted molar refractivity (Wildman–Crippen MR) is 245 cm³/mol. The molecule has 5 N–H and O–H groups in total. The Kier molecular flexibility index (Phi) is 21.0. The van der Waals surface area contributed by atoms with Gasteiger partial charge in [0.05, 0.1) is 12.2 Å². The minimum absolute atomic E-state index is 0.000906. The quantitative estimate of drug-likeness (QED) is 0.129. The number of aliphatic hydroxyl groups is 5. The van der Waals surface area contributed by atoms with Crippen molar-refractivity contribution in [1.82, 2.24) is 4.90 Å². The largest absolute Gasteiger partial charge is 0.460 e. The number of hydrogen-bond donors (Lipinski definition) is 5. The topological polar surface area (TPSA) is 217 Å². The van der Waals surface area contributed by atoms with Gasteiger partial charge in [-0.1, -0.05) is 76.6 Å². The lowest BCUT2D eigenvalue weighted by atomic mass is 9.75. The second-order valence-corrected chi connectivity index (χ2v) is 19.9. The molecular weight excluding hydrogens is 835 g/mol. The normalized spacial score (nSPS) is 40.4. The van der Waals surface area contributed by atoms with Crippen LogP contribution >= 0.6 is 0 Å². The van der Waals surface area contributed by atoms with Crippen LogP contribution < -0.4 is 0 Å². The number of aliphatic hydroxyl groups excluding tert-OH is 4. The number of Topliss-reactive ketones (excluding diaryl/α,β-unsaturated/α-hetero) is 3. The Morgan fingerprint density at radius 3 is 2.28 bits per heavy atom. The van der Waals surface area contributed by atoms with Crippen LogP contribution in [-0.4, -0.2) is 129 Å². The monoisotopic (exact) mass is 914 g/mol. The van der Waals surface area contributed by atoms with E-state index in [-0.39, 0.29) is 80.2 Å². The number of carbonyl (C=O) groups excluding carboxylic acids is 5. The number of fused-ring (bicyclic) bond motifs is 3. The van der Waals surface area contributed by atoms with Gasteiger partial charge in [-0.25, -0.2) is 4.79 Å². The average molecular weight is 914 g/mol. The molecule has 4 aliphatic rings. The summed E-state index contributed by atoms with van der Waals surface area (Å²) in [5.41, 5.74) is 1.22. The molecule has 0 spiro atoms. The summed E-state index contributed by atoms with van der Waals surface area (Å²) in [5.74, 6) is -8.94. The van der Waals surface area contributed by atoms with Gasteiger partial charge in [-0.3, -0.25) is 19.2 Å². The van der Waals surface area contributed by atoms with Crippen LogP contribution in [-0.2, 0) is 38.2 Å². The second-order valence-electron chi connectivity index (χ2n) is 19.9. The maximum absolute atomic E-state index is 14.3. The summed E-state index contributed by atoms with van der Waals surface area (Å²) in [6.07, 6.45) is 11.3.